The highest BCUT2D eigenvalue weighted by molar-refractivity contribution is 7.17. The molecule has 0 saturated heterocycles. The number of methoxy groups -OCH3 is 1. The lowest BCUT2D eigenvalue weighted by atomic mass is 10.1. The van der Waals surface area contributed by atoms with Crippen LogP contribution >= 0.6 is 11.3 Å². The van der Waals surface area contributed by atoms with Crippen molar-refractivity contribution in [1.29, 1.82) is 0 Å². The largest absolute Gasteiger partial charge is 0.453 e. The number of rotatable bonds is 5. The molecular weight excluding hydrogens is 429 g/mol. The number of amides is 2. The number of thiazole rings is 1. The van der Waals surface area contributed by atoms with Crippen LogP contribution in [0.1, 0.15) is 9.67 Å². The van der Waals surface area contributed by atoms with Crippen LogP contribution in [0.15, 0.2) is 78.9 Å². The van der Waals surface area contributed by atoms with Gasteiger partial charge in [0.05, 0.1) is 18.5 Å². The van der Waals surface area contributed by atoms with E-state index in [0.717, 1.165) is 17.2 Å². The number of benzene rings is 3. The fourth-order valence-electron chi connectivity index (χ4n) is 3.02. The molecule has 0 bridgehead atoms. The minimum atomic E-state index is -0.811. The Morgan fingerprint density at radius 1 is 0.906 bits per heavy atom. The number of nitrogens with zero attached hydrogens (tertiary/aromatic N) is 1. The van der Waals surface area contributed by atoms with Crippen LogP contribution in [0.25, 0.3) is 21.8 Å². The summed E-state index contributed by atoms with van der Waals surface area (Å²) in [5.74, 6) is -1.04. The third-order valence-corrected chi connectivity index (χ3v) is 5.65. The molecule has 0 radical (unpaired) electrons. The molecule has 2 N–H and O–H groups in total. The van der Waals surface area contributed by atoms with E-state index in [1.165, 1.54) is 30.6 Å². The summed E-state index contributed by atoms with van der Waals surface area (Å²) in [4.78, 5) is 29.8. The van der Waals surface area contributed by atoms with Gasteiger partial charge in [-0.1, -0.05) is 60.7 Å². The van der Waals surface area contributed by atoms with Gasteiger partial charge >= 0.3 is 6.09 Å². The second-order valence-corrected chi connectivity index (χ2v) is 7.69. The Hall–Kier alpha value is -4.04. The van der Waals surface area contributed by atoms with Crippen LogP contribution in [-0.2, 0) is 4.74 Å². The summed E-state index contributed by atoms with van der Waals surface area (Å²) in [7, 11) is 1.18. The van der Waals surface area contributed by atoms with Gasteiger partial charge < -0.3 is 10.1 Å². The highest BCUT2D eigenvalue weighted by Crippen LogP contribution is 2.34. The molecule has 32 heavy (non-hydrogen) atoms. The van der Waals surface area contributed by atoms with Crippen molar-refractivity contribution < 1.29 is 18.7 Å². The van der Waals surface area contributed by atoms with Crippen molar-refractivity contribution in [2.24, 2.45) is 0 Å². The standard InChI is InChI=1S/C24H18FN3O3S/c1-31-24(30)27-19-14-17(12-13-18(19)25)26-22(29)21-20(15-8-4-2-5-9-15)28-23(32-21)16-10-6-3-7-11-16/h2-14H,1H3,(H,26,29)(H,27,30). The van der Waals surface area contributed by atoms with Crippen LogP contribution in [0, 0.1) is 5.82 Å². The molecule has 0 fully saturated rings. The van der Waals surface area contributed by atoms with Gasteiger partial charge in [0.1, 0.15) is 15.7 Å². The minimum Gasteiger partial charge on any atom is -0.453 e. The van der Waals surface area contributed by atoms with Crippen molar-refractivity contribution in [1.82, 2.24) is 4.98 Å². The number of hydrogen-bond acceptors (Lipinski definition) is 5. The van der Waals surface area contributed by atoms with Crippen molar-refractivity contribution in [2.75, 3.05) is 17.7 Å². The fraction of sp³-hybridized carbons (Fsp3) is 0.0417. The lowest BCUT2D eigenvalue weighted by Gasteiger charge is -2.09. The Kier molecular flexibility index (Phi) is 6.23. The van der Waals surface area contributed by atoms with E-state index in [2.05, 4.69) is 15.4 Å². The number of ether oxygens (including phenoxy) is 1. The molecule has 0 aliphatic rings. The number of halogens is 1. The molecule has 4 rings (SSSR count). The minimum absolute atomic E-state index is 0.104. The maximum Gasteiger partial charge on any atom is 0.411 e. The molecule has 4 aromatic rings. The maximum absolute atomic E-state index is 14.0. The fourth-order valence-corrected chi connectivity index (χ4v) is 4.01. The quantitative estimate of drug-likeness (QED) is 0.390. The van der Waals surface area contributed by atoms with Crippen molar-refractivity contribution in [3.63, 3.8) is 0 Å². The van der Waals surface area contributed by atoms with E-state index in [0.29, 0.717) is 21.3 Å². The first kappa shape index (κ1) is 21.2. The van der Waals surface area contributed by atoms with Crippen LogP contribution in [0.2, 0.25) is 0 Å². The summed E-state index contributed by atoms with van der Waals surface area (Å²) >= 11 is 1.27. The number of carbonyl (C=O) groups excluding carboxylic acids is 2. The van der Waals surface area contributed by atoms with Gasteiger partial charge in [-0.25, -0.2) is 14.2 Å². The lowest BCUT2D eigenvalue weighted by molar-refractivity contribution is 0.103. The van der Waals surface area contributed by atoms with Crippen LogP contribution in [0.5, 0.6) is 0 Å². The summed E-state index contributed by atoms with van der Waals surface area (Å²) < 4.78 is 18.5. The van der Waals surface area contributed by atoms with Crippen molar-refractivity contribution in [3.05, 3.63) is 89.6 Å². The van der Waals surface area contributed by atoms with Crippen molar-refractivity contribution in [3.8, 4) is 21.8 Å². The first-order chi connectivity index (χ1) is 15.5. The normalized spacial score (nSPS) is 10.4. The van der Waals surface area contributed by atoms with Gasteiger partial charge in [0.25, 0.3) is 5.91 Å². The van der Waals surface area contributed by atoms with Crippen LogP contribution in [0.3, 0.4) is 0 Å². The van der Waals surface area contributed by atoms with Gasteiger partial charge in [-0.15, -0.1) is 11.3 Å². The zero-order valence-corrected chi connectivity index (χ0v) is 17.8. The first-order valence-corrected chi connectivity index (χ1v) is 10.4. The average molecular weight is 447 g/mol. The molecule has 160 valence electrons. The lowest BCUT2D eigenvalue weighted by Crippen LogP contribution is -2.14. The molecule has 8 heteroatoms. The summed E-state index contributed by atoms with van der Waals surface area (Å²) in [6.45, 7) is 0. The first-order valence-electron chi connectivity index (χ1n) is 9.62. The molecule has 3 aromatic carbocycles. The highest BCUT2D eigenvalue weighted by atomic mass is 32.1. The van der Waals surface area contributed by atoms with Crippen molar-refractivity contribution >= 4 is 34.7 Å². The maximum atomic E-state index is 14.0. The number of anilines is 2. The average Bonchev–Trinajstić information content (AvgIpc) is 3.28. The summed E-state index contributed by atoms with van der Waals surface area (Å²) in [6, 6.07) is 22.9. The van der Waals surface area contributed by atoms with Gasteiger partial charge in [0.15, 0.2) is 0 Å². The van der Waals surface area contributed by atoms with Gasteiger partial charge in [0, 0.05) is 16.8 Å². The molecule has 0 unspecified atom stereocenters. The topological polar surface area (TPSA) is 80.3 Å². The second-order valence-electron chi connectivity index (χ2n) is 6.69. The Balaban J connectivity index is 1.68. The SMILES string of the molecule is COC(=O)Nc1cc(NC(=O)c2sc(-c3ccccc3)nc2-c2ccccc2)ccc1F. The molecule has 1 aromatic heterocycles. The summed E-state index contributed by atoms with van der Waals surface area (Å²) in [6.07, 6.45) is -0.811. The van der Waals surface area contributed by atoms with Gasteiger partial charge in [0.2, 0.25) is 0 Å². The van der Waals surface area contributed by atoms with Crippen LogP contribution in [-0.4, -0.2) is 24.1 Å². The number of carbonyl (C=O) groups is 2. The second kappa shape index (κ2) is 9.40. The van der Waals surface area contributed by atoms with Gasteiger partial charge in [-0.05, 0) is 18.2 Å². The zero-order valence-electron chi connectivity index (χ0n) is 17.0. The Morgan fingerprint density at radius 2 is 1.56 bits per heavy atom. The molecule has 0 atom stereocenters. The predicted octanol–water partition coefficient (Wildman–Crippen LogP) is 6.05. The summed E-state index contributed by atoms with van der Waals surface area (Å²) in [5, 5.41) is 5.75. The number of hydrogen-bond donors (Lipinski definition) is 2. The third-order valence-electron chi connectivity index (χ3n) is 4.55. The summed E-state index contributed by atoms with van der Waals surface area (Å²) in [5.41, 5.74) is 2.48. The van der Waals surface area contributed by atoms with E-state index < -0.39 is 11.9 Å². The number of aromatic nitrogens is 1. The molecule has 0 saturated carbocycles. The molecule has 1 heterocycles. The van der Waals surface area contributed by atoms with Crippen molar-refractivity contribution in [2.45, 2.75) is 0 Å². The Bertz CT molecular complexity index is 1260. The van der Waals surface area contributed by atoms with Crippen LogP contribution in [0.4, 0.5) is 20.6 Å². The van der Waals surface area contributed by atoms with E-state index in [9.17, 15) is 14.0 Å². The van der Waals surface area contributed by atoms with E-state index in [4.69, 9.17) is 4.98 Å². The van der Waals surface area contributed by atoms with E-state index in [1.54, 1.807) is 0 Å². The Morgan fingerprint density at radius 3 is 2.22 bits per heavy atom. The van der Waals surface area contributed by atoms with Crippen LogP contribution < -0.4 is 10.6 Å². The zero-order chi connectivity index (χ0) is 22.5. The molecule has 6 nitrogen and oxygen atoms in total. The van der Waals surface area contributed by atoms with Gasteiger partial charge in [-0.3, -0.25) is 10.1 Å². The molecular formula is C24H18FN3O3S. The molecule has 0 aliphatic carbocycles. The van der Waals surface area contributed by atoms with E-state index >= 15 is 0 Å². The molecule has 0 spiro atoms. The van der Waals surface area contributed by atoms with Gasteiger partial charge in [-0.2, -0.15) is 0 Å². The monoisotopic (exact) mass is 447 g/mol. The molecule has 0 aliphatic heterocycles. The smallest absolute Gasteiger partial charge is 0.411 e. The molecule has 2 amide bonds. The highest BCUT2D eigenvalue weighted by Gasteiger charge is 2.21. The third kappa shape index (κ3) is 4.65. The number of nitrogens with one attached hydrogen (secondary N) is 2. The van der Waals surface area contributed by atoms with E-state index in [-0.39, 0.29) is 11.6 Å². The predicted molar refractivity (Wildman–Crippen MR) is 123 cm³/mol. The Labute approximate surface area is 187 Å². The van der Waals surface area contributed by atoms with E-state index in [1.807, 2.05) is 60.7 Å².